The molecule has 182 valence electrons. The Morgan fingerprint density at radius 2 is 1.25 bits per heavy atom. The summed E-state index contributed by atoms with van der Waals surface area (Å²) < 4.78 is 6.27. The standard InChI is InChI=1S/C32H31O3P/c1-24(2)28(22-23-33)31(25-14-6-3-7-15-25)35-32(34)29-20-12-13-21-30(29)36(26-16-8-4-9-17-26)27-18-10-5-11-19-27/h3-21,23-24,28,31H,22H2,1-2H3/t28-,31+/m0/s1. The van der Waals surface area contributed by atoms with Gasteiger partial charge in [-0.25, -0.2) is 4.79 Å². The predicted octanol–water partition coefficient (Wildman–Crippen LogP) is 6.20. The summed E-state index contributed by atoms with van der Waals surface area (Å²) in [5.74, 6) is -0.324. The first-order valence-electron chi connectivity index (χ1n) is 12.3. The fourth-order valence-corrected chi connectivity index (χ4v) is 6.94. The molecule has 0 radical (unpaired) electrons. The minimum Gasteiger partial charge on any atom is -0.454 e. The summed E-state index contributed by atoms with van der Waals surface area (Å²) in [6.45, 7) is 4.13. The summed E-state index contributed by atoms with van der Waals surface area (Å²) in [5, 5.41) is 3.29. The van der Waals surface area contributed by atoms with Crippen molar-refractivity contribution in [2.75, 3.05) is 0 Å². The average Bonchev–Trinajstić information content (AvgIpc) is 2.92. The molecule has 0 aliphatic heterocycles. The molecule has 0 saturated heterocycles. The molecule has 0 bridgehead atoms. The van der Waals surface area contributed by atoms with Gasteiger partial charge in [-0.05, 0) is 41.4 Å². The fourth-order valence-electron chi connectivity index (χ4n) is 4.50. The molecule has 2 atom stereocenters. The van der Waals surface area contributed by atoms with Gasteiger partial charge in [-0.15, -0.1) is 0 Å². The van der Waals surface area contributed by atoms with Crippen molar-refractivity contribution >= 4 is 36.1 Å². The van der Waals surface area contributed by atoms with E-state index in [4.69, 9.17) is 4.74 Å². The second kappa shape index (κ2) is 12.4. The Hall–Kier alpha value is -3.55. The summed E-state index contributed by atoms with van der Waals surface area (Å²) >= 11 is 0. The average molecular weight is 495 g/mol. The largest absolute Gasteiger partial charge is 0.454 e. The van der Waals surface area contributed by atoms with Crippen molar-refractivity contribution in [3.05, 3.63) is 126 Å². The molecule has 0 amide bonds. The first kappa shape index (κ1) is 25.5. The highest BCUT2D eigenvalue weighted by atomic mass is 31.1. The number of aldehydes is 1. The van der Waals surface area contributed by atoms with Crippen LogP contribution < -0.4 is 15.9 Å². The quantitative estimate of drug-likeness (QED) is 0.150. The van der Waals surface area contributed by atoms with Crippen LogP contribution in [-0.2, 0) is 9.53 Å². The lowest BCUT2D eigenvalue weighted by molar-refractivity contribution is -0.110. The smallest absolute Gasteiger partial charge is 0.339 e. The van der Waals surface area contributed by atoms with Crippen LogP contribution in [0.2, 0.25) is 0 Å². The van der Waals surface area contributed by atoms with Gasteiger partial charge in [-0.2, -0.15) is 0 Å². The summed E-state index contributed by atoms with van der Waals surface area (Å²) in [6.07, 6.45) is 0.732. The lowest BCUT2D eigenvalue weighted by atomic mass is 9.84. The number of hydrogen-bond donors (Lipinski definition) is 0. The molecule has 4 aromatic rings. The van der Waals surface area contributed by atoms with E-state index in [9.17, 15) is 9.59 Å². The van der Waals surface area contributed by atoms with Crippen LogP contribution in [0.4, 0.5) is 0 Å². The van der Waals surface area contributed by atoms with E-state index in [0.29, 0.717) is 12.0 Å². The van der Waals surface area contributed by atoms with Gasteiger partial charge in [0, 0.05) is 12.3 Å². The van der Waals surface area contributed by atoms with Gasteiger partial charge >= 0.3 is 5.97 Å². The summed E-state index contributed by atoms with van der Waals surface area (Å²) in [5.41, 5.74) is 1.46. The van der Waals surface area contributed by atoms with Gasteiger partial charge in [0.25, 0.3) is 0 Å². The lowest BCUT2D eigenvalue weighted by Crippen LogP contribution is -2.29. The van der Waals surface area contributed by atoms with E-state index >= 15 is 0 Å². The van der Waals surface area contributed by atoms with E-state index < -0.39 is 14.0 Å². The first-order valence-corrected chi connectivity index (χ1v) is 13.6. The van der Waals surface area contributed by atoms with Crippen molar-refractivity contribution in [2.24, 2.45) is 11.8 Å². The number of esters is 1. The normalized spacial score (nSPS) is 12.8. The van der Waals surface area contributed by atoms with E-state index in [-0.39, 0.29) is 17.8 Å². The van der Waals surface area contributed by atoms with Crippen LogP contribution in [0.3, 0.4) is 0 Å². The zero-order valence-electron chi connectivity index (χ0n) is 20.7. The van der Waals surface area contributed by atoms with Gasteiger partial charge in [0.1, 0.15) is 12.4 Å². The van der Waals surface area contributed by atoms with E-state index in [1.807, 2.05) is 91.0 Å². The first-order chi connectivity index (χ1) is 17.6. The molecule has 0 unspecified atom stereocenters. The third kappa shape index (κ3) is 5.98. The predicted molar refractivity (Wildman–Crippen MR) is 149 cm³/mol. The Balaban J connectivity index is 1.77. The van der Waals surface area contributed by atoms with E-state index in [1.54, 1.807) is 0 Å². The molecule has 0 aliphatic carbocycles. The Morgan fingerprint density at radius 3 is 1.78 bits per heavy atom. The summed E-state index contributed by atoms with van der Waals surface area (Å²) in [6, 6.07) is 38.1. The molecule has 3 nitrogen and oxygen atoms in total. The van der Waals surface area contributed by atoms with Crippen LogP contribution in [0.5, 0.6) is 0 Å². The second-order valence-electron chi connectivity index (χ2n) is 9.07. The Labute approximate surface area is 214 Å². The monoisotopic (exact) mass is 494 g/mol. The maximum absolute atomic E-state index is 13.8. The Morgan fingerprint density at radius 1 is 0.750 bits per heavy atom. The van der Waals surface area contributed by atoms with Crippen LogP contribution >= 0.6 is 7.92 Å². The topological polar surface area (TPSA) is 43.4 Å². The van der Waals surface area contributed by atoms with Crippen LogP contribution in [0.25, 0.3) is 0 Å². The van der Waals surface area contributed by atoms with Crippen molar-refractivity contribution in [1.82, 2.24) is 0 Å². The zero-order chi connectivity index (χ0) is 25.3. The fraction of sp³-hybridized carbons (Fsp3) is 0.188. The van der Waals surface area contributed by atoms with Gasteiger partial charge in [0.15, 0.2) is 0 Å². The maximum atomic E-state index is 13.8. The third-order valence-corrected chi connectivity index (χ3v) is 8.87. The molecule has 0 spiro atoms. The number of carbonyl (C=O) groups excluding carboxylic acids is 2. The molecule has 4 heteroatoms. The minimum atomic E-state index is -0.970. The van der Waals surface area contributed by atoms with Gasteiger partial charge in [0.05, 0.1) is 5.56 Å². The molecule has 0 N–H and O–H groups in total. The number of ether oxygens (including phenoxy) is 1. The zero-order valence-corrected chi connectivity index (χ0v) is 21.6. The highest BCUT2D eigenvalue weighted by molar-refractivity contribution is 7.80. The van der Waals surface area contributed by atoms with Crippen LogP contribution in [0.15, 0.2) is 115 Å². The Bertz CT molecular complexity index is 1220. The number of benzene rings is 4. The van der Waals surface area contributed by atoms with Crippen molar-refractivity contribution in [3.63, 3.8) is 0 Å². The molecule has 4 aromatic carbocycles. The van der Waals surface area contributed by atoms with Gasteiger partial charge < -0.3 is 9.53 Å². The number of hydrogen-bond acceptors (Lipinski definition) is 3. The summed E-state index contributed by atoms with van der Waals surface area (Å²) in [4.78, 5) is 25.4. The summed E-state index contributed by atoms with van der Waals surface area (Å²) in [7, 11) is -0.970. The molecule has 0 aliphatic rings. The van der Waals surface area contributed by atoms with Crippen LogP contribution in [0.1, 0.15) is 42.3 Å². The third-order valence-electron chi connectivity index (χ3n) is 6.37. The van der Waals surface area contributed by atoms with E-state index in [0.717, 1.165) is 17.2 Å². The van der Waals surface area contributed by atoms with E-state index in [1.165, 1.54) is 10.6 Å². The van der Waals surface area contributed by atoms with E-state index in [2.05, 4.69) is 38.1 Å². The molecule has 4 rings (SSSR count). The molecule has 0 fully saturated rings. The van der Waals surface area contributed by atoms with Crippen molar-refractivity contribution in [3.8, 4) is 0 Å². The highest BCUT2D eigenvalue weighted by Gasteiger charge is 2.31. The van der Waals surface area contributed by atoms with Crippen molar-refractivity contribution < 1.29 is 14.3 Å². The van der Waals surface area contributed by atoms with Gasteiger partial charge in [-0.3, -0.25) is 0 Å². The molecule has 36 heavy (non-hydrogen) atoms. The van der Waals surface area contributed by atoms with Crippen molar-refractivity contribution in [2.45, 2.75) is 26.4 Å². The molecular formula is C32H31O3P. The van der Waals surface area contributed by atoms with Crippen molar-refractivity contribution in [1.29, 1.82) is 0 Å². The lowest BCUT2D eigenvalue weighted by Gasteiger charge is -2.30. The highest BCUT2D eigenvalue weighted by Crippen LogP contribution is 2.37. The number of carbonyl (C=O) groups is 2. The minimum absolute atomic E-state index is 0.120. The SMILES string of the molecule is CC(C)[C@H](CC=O)[C@H](OC(=O)c1ccccc1P(c1ccccc1)c1ccccc1)c1ccccc1. The molecule has 0 aromatic heterocycles. The molecule has 0 saturated carbocycles. The molecule has 0 heterocycles. The van der Waals surface area contributed by atoms with Crippen LogP contribution in [0, 0.1) is 11.8 Å². The van der Waals surface area contributed by atoms with Gasteiger partial charge in [0.2, 0.25) is 0 Å². The van der Waals surface area contributed by atoms with Crippen LogP contribution in [-0.4, -0.2) is 12.3 Å². The molecular weight excluding hydrogens is 463 g/mol. The maximum Gasteiger partial charge on any atom is 0.339 e. The Kier molecular flexibility index (Phi) is 8.81. The van der Waals surface area contributed by atoms with Gasteiger partial charge in [-0.1, -0.05) is 123 Å². The number of rotatable bonds is 10. The second-order valence-corrected chi connectivity index (χ2v) is 11.3.